The minimum absolute atomic E-state index is 0.207. The van der Waals surface area contributed by atoms with E-state index in [4.69, 9.17) is 9.47 Å². The van der Waals surface area contributed by atoms with Crippen molar-refractivity contribution in [3.05, 3.63) is 61.8 Å². The Morgan fingerprint density at radius 3 is 2.54 bits per heavy atom. The summed E-state index contributed by atoms with van der Waals surface area (Å²) < 4.78 is 25.7. The van der Waals surface area contributed by atoms with E-state index in [9.17, 15) is 18.8 Å². The number of imide groups is 1. The summed E-state index contributed by atoms with van der Waals surface area (Å²) in [6, 6.07) is 9.63. The van der Waals surface area contributed by atoms with Gasteiger partial charge in [0.25, 0.3) is 11.1 Å². The van der Waals surface area contributed by atoms with Crippen LogP contribution in [0.15, 0.2) is 41.3 Å². The van der Waals surface area contributed by atoms with Crippen molar-refractivity contribution < 1.29 is 28.2 Å². The molecule has 0 N–H and O–H groups in total. The molecule has 2 aromatic carbocycles. The highest BCUT2D eigenvalue weighted by Crippen LogP contribution is 2.38. The lowest BCUT2D eigenvalue weighted by Crippen LogP contribution is -2.40. The molecule has 2 saturated heterocycles. The highest BCUT2D eigenvalue weighted by Gasteiger charge is 2.37. The lowest BCUT2D eigenvalue weighted by Gasteiger charge is -2.18. The van der Waals surface area contributed by atoms with Gasteiger partial charge >= 0.3 is 0 Å². The number of likely N-dealkylation sites (tertiary alicyclic amines) is 1. The first kappa shape index (κ1) is 25.5. The van der Waals surface area contributed by atoms with Crippen LogP contribution < -0.4 is 9.47 Å². The van der Waals surface area contributed by atoms with Crippen LogP contribution in [0.1, 0.15) is 30.9 Å². The fraction of sp³-hybridized carbons (Fsp3) is 0.320. The molecule has 3 amide bonds. The minimum Gasteiger partial charge on any atom is -0.490 e. The first-order valence-corrected chi connectivity index (χ1v) is 13.1. The van der Waals surface area contributed by atoms with Crippen LogP contribution in [0.5, 0.6) is 11.5 Å². The smallest absolute Gasteiger partial charge is 0.294 e. The van der Waals surface area contributed by atoms with Crippen molar-refractivity contribution in [2.75, 3.05) is 26.2 Å². The second kappa shape index (κ2) is 11.4. The minimum atomic E-state index is -0.475. The number of benzene rings is 2. The molecule has 0 unspecified atom stereocenters. The van der Waals surface area contributed by atoms with E-state index in [-0.39, 0.29) is 29.8 Å². The summed E-state index contributed by atoms with van der Waals surface area (Å²) in [7, 11) is 0. The third kappa shape index (κ3) is 6.16. The molecule has 10 heteroatoms. The lowest BCUT2D eigenvalue weighted by molar-refractivity contribution is -0.135. The number of amides is 3. The van der Waals surface area contributed by atoms with Crippen molar-refractivity contribution in [2.45, 2.75) is 26.4 Å². The average molecular weight is 610 g/mol. The molecule has 2 fully saturated rings. The summed E-state index contributed by atoms with van der Waals surface area (Å²) in [5.41, 5.74) is 1.48. The molecular weight excluding hydrogens is 586 g/mol. The number of carbonyl (C=O) groups is 3. The van der Waals surface area contributed by atoms with Gasteiger partial charge in [-0.15, -0.1) is 0 Å². The molecule has 2 aliphatic rings. The fourth-order valence-electron chi connectivity index (χ4n) is 3.80. The van der Waals surface area contributed by atoms with Crippen molar-refractivity contribution >= 4 is 57.5 Å². The van der Waals surface area contributed by atoms with Crippen LogP contribution in [0.3, 0.4) is 0 Å². The molecule has 184 valence electrons. The summed E-state index contributed by atoms with van der Waals surface area (Å²) >= 11 is 2.95. The van der Waals surface area contributed by atoms with E-state index in [0.29, 0.717) is 36.8 Å². The monoisotopic (exact) mass is 610 g/mol. The number of hydrogen-bond donors (Lipinski definition) is 0. The third-order valence-corrected chi connectivity index (χ3v) is 7.26. The topological polar surface area (TPSA) is 76.2 Å². The van der Waals surface area contributed by atoms with Crippen molar-refractivity contribution in [2.24, 2.45) is 0 Å². The van der Waals surface area contributed by atoms with E-state index in [0.717, 1.165) is 38.6 Å². The predicted octanol–water partition coefficient (Wildman–Crippen LogP) is 5.07. The Balaban J connectivity index is 1.51. The Bertz CT molecular complexity index is 1170. The van der Waals surface area contributed by atoms with Gasteiger partial charge in [0.1, 0.15) is 19.0 Å². The maximum atomic E-state index is 13.2. The van der Waals surface area contributed by atoms with E-state index in [1.807, 2.05) is 13.0 Å². The van der Waals surface area contributed by atoms with Gasteiger partial charge in [-0.25, -0.2) is 4.39 Å². The Morgan fingerprint density at radius 2 is 1.86 bits per heavy atom. The number of hydrogen-bond acceptors (Lipinski definition) is 6. The van der Waals surface area contributed by atoms with Crippen LogP contribution in [0, 0.1) is 9.39 Å². The second-order valence-electron chi connectivity index (χ2n) is 8.03. The number of ether oxygens (including phenoxy) is 2. The molecule has 2 aromatic rings. The van der Waals surface area contributed by atoms with Crippen LogP contribution >= 0.6 is 34.4 Å². The zero-order chi connectivity index (χ0) is 24.9. The largest absolute Gasteiger partial charge is 0.490 e. The van der Waals surface area contributed by atoms with Gasteiger partial charge in [-0.2, -0.15) is 0 Å². The lowest BCUT2D eigenvalue weighted by atomic mass is 10.1. The molecule has 0 atom stereocenters. The van der Waals surface area contributed by atoms with Crippen molar-refractivity contribution in [3.8, 4) is 11.5 Å². The fourth-order valence-corrected chi connectivity index (χ4v) is 5.42. The molecule has 0 saturated carbocycles. The molecule has 4 rings (SSSR count). The van der Waals surface area contributed by atoms with Crippen LogP contribution in [0.25, 0.3) is 6.08 Å². The number of carbonyl (C=O) groups excluding carboxylic acids is 3. The molecule has 0 aliphatic carbocycles. The predicted molar refractivity (Wildman–Crippen MR) is 140 cm³/mol. The third-order valence-electron chi connectivity index (χ3n) is 5.55. The summed E-state index contributed by atoms with van der Waals surface area (Å²) in [5.74, 6) is 0.0426. The van der Waals surface area contributed by atoms with E-state index < -0.39 is 11.1 Å². The molecule has 0 bridgehead atoms. The molecule has 0 radical (unpaired) electrons. The van der Waals surface area contributed by atoms with Crippen molar-refractivity contribution in [3.63, 3.8) is 0 Å². The summed E-state index contributed by atoms with van der Waals surface area (Å²) in [4.78, 5) is 40.7. The Labute approximate surface area is 220 Å². The zero-order valence-electron chi connectivity index (χ0n) is 19.1. The average Bonchev–Trinajstić information content (AvgIpc) is 3.45. The standard InChI is InChI=1S/C25H24FIN2O5S/c1-2-33-20-12-17(11-19(27)23(20)34-15-16-5-7-18(26)8-6-16)13-21-24(31)29(25(32)35-21)14-22(30)28-9-3-4-10-28/h5-8,11-13H,2-4,9-10,14-15H2,1H3/b21-13+. The van der Waals surface area contributed by atoms with E-state index in [2.05, 4.69) is 22.6 Å². The number of nitrogens with zero attached hydrogens (tertiary/aromatic N) is 2. The molecule has 7 nitrogen and oxygen atoms in total. The van der Waals surface area contributed by atoms with Gasteiger partial charge in [-0.1, -0.05) is 12.1 Å². The Hall–Kier alpha value is -2.60. The highest BCUT2D eigenvalue weighted by molar-refractivity contribution is 14.1. The molecule has 35 heavy (non-hydrogen) atoms. The number of halogens is 2. The molecular formula is C25H24FIN2O5S. The van der Waals surface area contributed by atoms with Gasteiger partial charge in [0, 0.05) is 13.1 Å². The molecule has 2 aliphatic heterocycles. The zero-order valence-corrected chi connectivity index (χ0v) is 22.1. The number of rotatable bonds is 8. The van der Waals surface area contributed by atoms with Crippen LogP contribution in [-0.2, 0) is 16.2 Å². The maximum Gasteiger partial charge on any atom is 0.294 e. The first-order valence-electron chi connectivity index (χ1n) is 11.2. The van der Waals surface area contributed by atoms with Gasteiger partial charge in [0.15, 0.2) is 11.5 Å². The quantitative estimate of drug-likeness (QED) is 0.307. The SMILES string of the molecule is CCOc1cc(/C=C2/SC(=O)N(CC(=O)N3CCCC3)C2=O)cc(I)c1OCc1ccc(F)cc1. The van der Waals surface area contributed by atoms with Crippen molar-refractivity contribution in [1.29, 1.82) is 0 Å². The maximum absolute atomic E-state index is 13.2. The van der Waals surface area contributed by atoms with Crippen molar-refractivity contribution in [1.82, 2.24) is 9.80 Å². The Kier molecular flexibility index (Phi) is 8.32. The van der Waals surface area contributed by atoms with Gasteiger partial charge < -0.3 is 14.4 Å². The summed E-state index contributed by atoms with van der Waals surface area (Å²) in [6.45, 7) is 3.59. The van der Waals surface area contributed by atoms with E-state index in [1.54, 1.807) is 29.2 Å². The molecule has 0 aromatic heterocycles. The Morgan fingerprint density at radius 1 is 1.14 bits per heavy atom. The van der Waals surface area contributed by atoms with Crippen LogP contribution in [-0.4, -0.2) is 53.1 Å². The van der Waals surface area contributed by atoms with Crippen LogP contribution in [0.2, 0.25) is 0 Å². The normalized spacial score (nSPS) is 16.9. The van der Waals surface area contributed by atoms with Gasteiger partial charge in [0.2, 0.25) is 5.91 Å². The number of thioether (sulfide) groups is 1. The van der Waals surface area contributed by atoms with E-state index >= 15 is 0 Å². The van der Waals surface area contributed by atoms with Gasteiger partial charge in [-0.05, 0) is 95.6 Å². The van der Waals surface area contributed by atoms with E-state index in [1.165, 1.54) is 12.1 Å². The van der Waals surface area contributed by atoms with Gasteiger partial charge in [0.05, 0.1) is 15.1 Å². The summed E-state index contributed by atoms with van der Waals surface area (Å²) in [6.07, 6.45) is 3.51. The first-order chi connectivity index (χ1) is 16.9. The second-order valence-corrected chi connectivity index (χ2v) is 10.2. The molecule has 0 spiro atoms. The van der Waals surface area contributed by atoms with Gasteiger partial charge in [-0.3, -0.25) is 19.3 Å². The highest BCUT2D eigenvalue weighted by atomic mass is 127. The molecule has 2 heterocycles. The van der Waals surface area contributed by atoms with Crippen LogP contribution in [0.4, 0.5) is 9.18 Å². The summed E-state index contributed by atoms with van der Waals surface area (Å²) in [5, 5.41) is -0.451.